The van der Waals surface area contributed by atoms with Gasteiger partial charge in [-0.15, -0.1) is 0 Å². The van der Waals surface area contributed by atoms with E-state index in [2.05, 4.69) is 10.1 Å². The summed E-state index contributed by atoms with van der Waals surface area (Å²) in [6.45, 7) is 5.07. The maximum absolute atomic E-state index is 11.6. The van der Waals surface area contributed by atoms with Crippen molar-refractivity contribution in [3.05, 3.63) is 11.7 Å². The lowest BCUT2D eigenvalue weighted by Gasteiger charge is -2.22. The molecule has 1 aromatic rings. The van der Waals surface area contributed by atoms with Gasteiger partial charge in [-0.05, 0) is 5.92 Å². The fourth-order valence-corrected chi connectivity index (χ4v) is 1.89. The highest BCUT2D eigenvalue weighted by Crippen LogP contribution is 2.21. The largest absolute Gasteiger partial charge is 0.447 e. The average molecular weight is 255 g/mol. The predicted octanol–water partition coefficient (Wildman–Crippen LogP) is 1.19. The van der Waals surface area contributed by atoms with E-state index in [0.29, 0.717) is 30.8 Å². The van der Waals surface area contributed by atoms with Crippen molar-refractivity contribution in [1.29, 1.82) is 0 Å². The minimum atomic E-state index is -0.333. The number of carbonyl (C=O) groups excluding carboxylic acids is 1. The molecule has 100 valence electrons. The number of amides is 1. The van der Waals surface area contributed by atoms with Gasteiger partial charge in [0.1, 0.15) is 19.8 Å². The molecule has 0 unspecified atom stereocenters. The zero-order valence-corrected chi connectivity index (χ0v) is 10.8. The van der Waals surface area contributed by atoms with Crippen molar-refractivity contribution in [2.24, 2.45) is 5.92 Å². The lowest BCUT2D eigenvalue weighted by atomic mass is 10.0. The van der Waals surface area contributed by atoms with Crippen molar-refractivity contribution >= 4 is 6.09 Å². The molecule has 1 aromatic heterocycles. The fourth-order valence-electron chi connectivity index (χ4n) is 1.89. The molecular formula is C11H17N3O4. The Bertz CT molecular complexity index is 418. The second-order valence-electron chi connectivity index (χ2n) is 4.55. The molecule has 1 amide bonds. The average Bonchev–Trinajstić information content (AvgIpc) is 2.89. The fraction of sp³-hybridized carbons (Fsp3) is 0.727. The molecule has 18 heavy (non-hydrogen) atoms. The summed E-state index contributed by atoms with van der Waals surface area (Å²) < 4.78 is 15.0. The summed E-state index contributed by atoms with van der Waals surface area (Å²) in [5.41, 5.74) is 0. The van der Waals surface area contributed by atoms with Crippen molar-refractivity contribution in [2.45, 2.75) is 33.0 Å². The number of ether oxygens (including phenoxy) is 2. The van der Waals surface area contributed by atoms with E-state index in [0.717, 1.165) is 0 Å². The number of aromatic nitrogens is 2. The third kappa shape index (κ3) is 2.61. The highest BCUT2D eigenvalue weighted by Gasteiger charge is 2.35. The number of rotatable bonds is 5. The molecule has 0 radical (unpaired) electrons. The van der Waals surface area contributed by atoms with Crippen LogP contribution in [0.5, 0.6) is 0 Å². The lowest BCUT2D eigenvalue weighted by Crippen LogP contribution is -2.36. The van der Waals surface area contributed by atoms with Crippen molar-refractivity contribution in [3.8, 4) is 0 Å². The molecule has 0 saturated carbocycles. The van der Waals surface area contributed by atoms with Gasteiger partial charge >= 0.3 is 6.09 Å². The summed E-state index contributed by atoms with van der Waals surface area (Å²) in [6, 6.07) is 0.0512. The van der Waals surface area contributed by atoms with Crippen LogP contribution in [0.1, 0.15) is 25.6 Å². The smallest absolute Gasteiger partial charge is 0.410 e. The van der Waals surface area contributed by atoms with Crippen molar-refractivity contribution in [2.75, 3.05) is 13.7 Å². The molecule has 1 fully saturated rings. The van der Waals surface area contributed by atoms with Crippen LogP contribution in [0, 0.1) is 5.92 Å². The van der Waals surface area contributed by atoms with E-state index in [1.54, 1.807) is 12.0 Å². The summed E-state index contributed by atoms with van der Waals surface area (Å²) in [6.07, 6.45) is -0.333. The molecule has 0 aliphatic carbocycles. The van der Waals surface area contributed by atoms with Gasteiger partial charge in [-0.2, -0.15) is 4.98 Å². The van der Waals surface area contributed by atoms with E-state index in [-0.39, 0.29) is 18.7 Å². The number of hydrogen-bond donors (Lipinski definition) is 0. The minimum Gasteiger partial charge on any atom is -0.447 e. The Morgan fingerprint density at radius 3 is 3.00 bits per heavy atom. The van der Waals surface area contributed by atoms with Gasteiger partial charge in [0.2, 0.25) is 5.89 Å². The van der Waals surface area contributed by atoms with Crippen LogP contribution in [-0.4, -0.2) is 40.9 Å². The first-order chi connectivity index (χ1) is 8.61. The van der Waals surface area contributed by atoms with Gasteiger partial charge in [0.15, 0.2) is 5.82 Å². The Labute approximate surface area is 105 Å². The van der Waals surface area contributed by atoms with Crippen molar-refractivity contribution in [1.82, 2.24) is 15.0 Å². The summed E-state index contributed by atoms with van der Waals surface area (Å²) >= 11 is 0. The van der Waals surface area contributed by atoms with Crippen LogP contribution >= 0.6 is 0 Å². The number of hydrogen-bond acceptors (Lipinski definition) is 6. The Hall–Kier alpha value is -1.63. The number of cyclic esters (lactones) is 1. The third-order valence-electron chi connectivity index (χ3n) is 2.87. The Morgan fingerprint density at radius 2 is 2.33 bits per heavy atom. The molecule has 2 heterocycles. The number of nitrogens with zero attached hydrogens (tertiary/aromatic N) is 3. The molecule has 0 aromatic carbocycles. The van der Waals surface area contributed by atoms with E-state index in [9.17, 15) is 4.79 Å². The maximum Gasteiger partial charge on any atom is 0.410 e. The van der Waals surface area contributed by atoms with Gasteiger partial charge in [0, 0.05) is 7.11 Å². The van der Waals surface area contributed by atoms with Gasteiger partial charge in [-0.1, -0.05) is 19.0 Å². The summed E-state index contributed by atoms with van der Waals surface area (Å²) in [5.74, 6) is 1.19. The van der Waals surface area contributed by atoms with Crippen LogP contribution in [0.4, 0.5) is 4.79 Å². The molecule has 2 rings (SSSR count). The summed E-state index contributed by atoms with van der Waals surface area (Å²) in [5, 5.41) is 3.75. The minimum absolute atomic E-state index is 0.0512. The highest BCUT2D eigenvalue weighted by molar-refractivity contribution is 5.70. The van der Waals surface area contributed by atoms with E-state index >= 15 is 0 Å². The summed E-state index contributed by atoms with van der Waals surface area (Å²) in [7, 11) is 1.56. The molecule has 7 heteroatoms. The third-order valence-corrected chi connectivity index (χ3v) is 2.87. The zero-order chi connectivity index (χ0) is 13.1. The van der Waals surface area contributed by atoms with Gasteiger partial charge in [-0.3, -0.25) is 4.90 Å². The molecule has 1 aliphatic rings. The first-order valence-corrected chi connectivity index (χ1v) is 5.85. The second-order valence-corrected chi connectivity index (χ2v) is 4.55. The lowest BCUT2D eigenvalue weighted by molar-refractivity contribution is 0.149. The molecular weight excluding hydrogens is 238 g/mol. The molecule has 1 aliphatic heterocycles. The van der Waals surface area contributed by atoms with Crippen LogP contribution in [0.3, 0.4) is 0 Å². The van der Waals surface area contributed by atoms with Gasteiger partial charge in [-0.25, -0.2) is 4.79 Å². The van der Waals surface area contributed by atoms with E-state index in [1.807, 2.05) is 13.8 Å². The normalized spacial score (nSPS) is 19.7. The molecule has 1 atom stereocenters. The molecule has 1 saturated heterocycles. The van der Waals surface area contributed by atoms with Crippen molar-refractivity contribution in [3.63, 3.8) is 0 Å². The van der Waals surface area contributed by atoms with Crippen LogP contribution in [0.25, 0.3) is 0 Å². The predicted molar refractivity (Wildman–Crippen MR) is 60.5 cm³/mol. The van der Waals surface area contributed by atoms with Crippen molar-refractivity contribution < 1.29 is 18.8 Å². The van der Waals surface area contributed by atoms with E-state index in [1.165, 1.54) is 0 Å². The number of carbonyl (C=O) groups is 1. The Balaban J connectivity index is 2.04. The van der Waals surface area contributed by atoms with Crippen LogP contribution in [0.15, 0.2) is 4.52 Å². The second kappa shape index (κ2) is 5.34. The highest BCUT2D eigenvalue weighted by atomic mass is 16.6. The monoisotopic (exact) mass is 255 g/mol. The molecule has 7 nitrogen and oxygen atoms in total. The molecule has 0 bridgehead atoms. The first kappa shape index (κ1) is 12.8. The topological polar surface area (TPSA) is 77.7 Å². The standard InChI is InChI=1S/C11H17N3O4/c1-7(2)8-5-17-11(15)14(8)4-10-12-9(6-16-3)13-18-10/h7-8H,4-6H2,1-3H3/t8-/m1/s1. The van der Waals surface area contributed by atoms with Crippen LogP contribution in [-0.2, 0) is 22.6 Å². The van der Waals surface area contributed by atoms with E-state index in [4.69, 9.17) is 14.0 Å². The van der Waals surface area contributed by atoms with Crippen LogP contribution < -0.4 is 0 Å². The summed E-state index contributed by atoms with van der Waals surface area (Å²) in [4.78, 5) is 17.4. The SMILES string of the molecule is COCc1noc(CN2C(=O)OC[C@@H]2C(C)C)n1. The maximum atomic E-state index is 11.6. The Morgan fingerprint density at radius 1 is 1.56 bits per heavy atom. The van der Waals surface area contributed by atoms with Crippen LogP contribution in [0.2, 0.25) is 0 Å². The van der Waals surface area contributed by atoms with Gasteiger partial charge in [0.25, 0.3) is 0 Å². The molecule has 0 spiro atoms. The van der Waals surface area contributed by atoms with Gasteiger partial charge in [0.05, 0.1) is 6.04 Å². The first-order valence-electron chi connectivity index (χ1n) is 5.85. The molecule has 0 N–H and O–H groups in total. The Kier molecular flexibility index (Phi) is 3.81. The quantitative estimate of drug-likeness (QED) is 0.786. The number of methoxy groups -OCH3 is 1. The van der Waals surface area contributed by atoms with Gasteiger partial charge < -0.3 is 14.0 Å². The van der Waals surface area contributed by atoms with E-state index < -0.39 is 0 Å². The zero-order valence-electron chi connectivity index (χ0n) is 10.8.